The Morgan fingerprint density at radius 1 is 1.21 bits per heavy atom. The molecular weight excluding hydrogens is 346 g/mol. The van der Waals surface area contributed by atoms with E-state index in [1.165, 1.54) is 25.7 Å². The van der Waals surface area contributed by atoms with Crippen molar-refractivity contribution in [3.8, 4) is 11.1 Å². The lowest BCUT2D eigenvalue weighted by Gasteiger charge is -2.24. The number of aryl methyl sites for hydroxylation is 1. The lowest BCUT2D eigenvalue weighted by atomic mass is 10.1. The van der Waals surface area contributed by atoms with Crippen LogP contribution in [0.15, 0.2) is 42.9 Å². The number of hydrogen-bond acceptors (Lipinski definition) is 4. The lowest BCUT2D eigenvalue weighted by Crippen LogP contribution is -2.25. The zero-order chi connectivity index (χ0) is 19.5. The Bertz CT molecular complexity index is 871. The molecule has 0 saturated heterocycles. The average molecular weight is 378 g/mol. The van der Waals surface area contributed by atoms with E-state index < -0.39 is 0 Å². The number of rotatable bonds is 6. The van der Waals surface area contributed by atoms with Gasteiger partial charge in [-0.2, -0.15) is 5.10 Å². The van der Waals surface area contributed by atoms with Gasteiger partial charge in [0.1, 0.15) is 5.82 Å². The third-order valence-electron chi connectivity index (χ3n) is 5.49. The summed E-state index contributed by atoms with van der Waals surface area (Å²) in [4.78, 5) is 7.14. The van der Waals surface area contributed by atoms with E-state index in [2.05, 4.69) is 72.8 Å². The molecule has 28 heavy (non-hydrogen) atoms. The molecule has 1 aliphatic carbocycles. The van der Waals surface area contributed by atoms with Crippen LogP contribution in [0.1, 0.15) is 45.2 Å². The highest BCUT2D eigenvalue weighted by molar-refractivity contribution is 5.68. The fraction of sp³-hybridized carbons (Fsp3) is 0.478. The van der Waals surface area contributed by atoms with Crippen LogP contribution in [0.5, 0.6) is 0 Å². The molecular formula is C23H31N5. The van der Waals surface area contributed by atoms with Gasteiger partial charge in [0.25, 0.3) is 0 Å². The lowest BCUT2D eigenvalue weighted by molar-refractivity contribution is 0.357. The first kappa shape index (κ1) is 18.8. The SMILES string of the molecule is Cc1nc(NC2CCCC2)ccc1-c1cnn(C2=CN(CC(C)C)CC=C2)c1. The number of allylic oxidation sites excluding steroid dienone is 2. The minimum absolute atomic E-state index is 0.583. The summed E-state index contributed by atoms with van der Waals surface area (Å²) >= 11 is 0. The van der Waals surface area contributed by atoms with Crippen molar-refractivity contribution in [3.63, 3.8) is 0 Å². The zero-order valence-corrected chi connectivity index (χ0v) is 17.2. The van der Waals surface area contributed by atoms with Gasteiger partial charge in [0.15, 0.2) is 0 Å². The van der Waals surface area contributed by atoms with E-state index in [0.717, 1.165) is 41.4 Å². The standard InChI is InChI=1S/C23H31N5/c1-17(2)14-27-12-6-9-21(16-27)28-15-19(13-24-28)22-10-11-23(25-18(22)3)26-20-7-4-5-8-20/h6,9-11,13,15-17,20H,4-5,7-8,12,14H2,1-3H3,(H,25,26). The summed E-state index contributed by atoms with van der Waals surface area (Å²) in [5, 5.41) is 8.19. The molecule has 3 heterocycles. The van der Waals surface area contributed by atoms with Crippen LogP contribution in [-0.4, -0.2) is 38.8 Å². The molecule has 1 aliphatic heterocycles. The minimum Gasteiger partial charge on any atom is -0.372 e. The predicted octanol–water partition coefficient (Wildman–Crippen LogP) is 4.93. The van der Waals surface area contributed by atoms with E-state index in [1.807, 2.05) is 10.9 Å². The highest BCUT2D eigenvalue weighted by Gasteiger charge is 2.16. The van der Waals surface area contributed by atoms with Gasteiger partial charge in [-0.15, -0.1) is 0 Å². The topological polar surface area (TPSA) is 46.0 Å². The van der Waals surface area contributed by atoms with Gasteiger partial charge in [-0.1, -0.05) is 32.8 Å². The zero-order valence-electron chi connectivity index (χ0n) is 17.2. The molecule has 0 atom stereocenters. The number of pyridine rings is 1. The quantitative estimate of drug-likeness (QED) is 0.775. The largest absolute Gasteiger partial charge is 0.372 e. The molecule has 1 saturated carbocycles. The molecule has 0 amide bonds. The Balaban J connectivity index is 1.51. The van der Waals surface area contributed by atoms with Crippen molar-refractivity contribution < 1.29 is 0 Å². The van der Waals surface area contributed by atoms with E-state index in [4.69, 9.17) is 4.98 Å². The Morgan fingerprint density at radius 2 is 2.04 bits per heavy atom. The summed E-state index contributed by atoms with van der Waals surface area (Å²) in [7, 11) is 0. The first-order chi connectivity index (χ1) is 13.6. The minimum atomic E-state index is 0.583. The number of nitrogens with zero attached hydrogens (tertiary/aromatic N) is 4. The normalized spacial score (nSPS) is 17.4. The van der Waals surface area contributed by atoms with Gasteiger partial charge in [-0.3, -0.25) is 0 Å². The molecule has 148 valence electrons. The highest BCUT2D eigenvalue weighted by atomic mass is 15.3. The van der Waals surface area contributed by atoms with Gasteiger partial charge in [0.05, 0.1) is 11.9 Å². The summed E-state index contributed by atoms with van der Waals surface area (Å²) in [5.41, 5.74) is 4.38. The Labute approximate surface area is 168 Å². The summed E-state index contributed by atoms with van der Waals surface area (Å²) in [6.45, 7) is 8.60. The predicted molar refractivity (Wildman–Crippen MR) is 116 cm³/mol. The van der Waals surface area contributed by atoms with Crippen LogP contribution in [0.25, 0.3) is 16.8 Å². The number of hydrogen-bond donors (Lipinski definition) is 1. The second kappa shape index (κ2) is 8.21. The average Bonchev–Trinajstić information content (AvgIpc) is 3.33. The number of aromatic nitrogens is 3. The first-order valence-corrected chi connectivity index (χ1v) is 10.5. The Hall–Kier alpha value is -2.56. The molecule has 4 rings (SSSR count). The van der Waals surface area contributed by atoms with Crippen LogP contribution in [0, 0.1) is 12.8 Å². The molecule has 0 bridgehead atoms. The number of nitrogens with one attached hydrogen (secondary N) is 1. The Kier molecular flexibility index (Phi) is 5.51. The van der Waals surface area contributed by atoms with Crippen LogP contribution < -0.4 is 5.32 Å². The molecule has 2 aromatic heterocycles. The monoisotopic (exact) mass is 377 g/mol. The molecule has 0 aromatic carbocycles. The second-order valence-electron chi connectivity index (χ2n) is 8.43. The van der Waals surface area contributed by atoms with E-state index in [1.54, 1.807) is 0 Å². The van der Waals surface area contributed by atoms with Crippen LogP contribution in [-0.2, 0) is 0 Å². The van der Waals surface area contributed by atoms with Crippen molar-refractivity contribution in [2.24, 2.45) is 5.92 Å². The third kappa shape index (κ3) is 4.29. The van der Waals surface area contributed by atoms with Gasteiger partial charge in [-0.05, 0) is 43.9 Å². The molecule has 1 N–H and O–H groups in total. The summed E-state index contributed by atoms with van der Waals surface area (Å²) < 4.78 is 1.96. The maximum Gasteiger partial charge on any atom is 0.126 e. The third-order valence-corrected chi connectivity index (χ3v) is 5.49. The van der Waals surface area contributed by atoms with Gasteiger partial charge in [0, 0.05) is 48.3 Å². The van der Waals surface area contributed by atoms with Gasteiger partial charge in [0.2, 0.25) is 0 Å². The van der Waals surface area contributed by atoms with E-state index in [9.17, 15) is 0 Å². The van der Waals surface area contributed by atoms with Crippen molar-refractivity contribution in [1.82, 2.24) is 19.7 Å². The highest BCUT2D eigenvalue weighted by Crippen LogP contribution is 2.27. The summed E-state index contributed by atoms with van der Waals surface area (Å²) in [5.74, 6) is 1.63. The molecule has 2 aliphatic rings. The van der Waals surface area contributed by atoms with Crippen LogP contribution >= 0.6 is 0 Å². The molecule has 0 radical (unpaired) electrons. The fourth-order valence-corrected chi connectivity index (χ4v) is 4.15. The Morgan fingerprint density at radius 3 is 2.79 bits per heavy atom. The second-order valence-corrected chi connectivity index (χ2v) is 8.43. The molecule has 0 unspecified atom stereocenters. The van der Waals surface area contributed by atoms with Crippen LogP contribution in [0.4, 0.5) is 5.82 Å². The van der Waals surface area contributed by atoms with Crippen molar-refractivity contribution in [1.29, 1.82) is 0 Å². The maximum absolute atomic E-state index is 4.79. The first-order valence-electron chi connectivity index (χ1n) is 10.5. The van der Waals surface area contributed by atoms with Gasteiger partial charge < -0.3 is 10.2 Å². The van der Waals surface area contributed by atoms with Crippen LogP contribution in [0.2, 0.25) is 0 Å². The van der Waals surface area contributed by atoms with Gasteiger partial charge >= 0.3 is 0 Å². The summed E-state index contributed by atoms with van der Waals surface area (Å²) in [6, 6.07) is 4.85. The van der Waals surface area contributed by atoms with Crippen molar-refractivity contribution in [3.05, 3.63) is 48.6 Å². The fourth-order valence-electron chi connectivity index (χ4n) is 4.15. The summed E-state index contributed by atoms with van der Waals surface area (Å²) in [6.07, 6.45) is 15.8. The van der Waals surface area contributed by atoms with E-state index >= 15 is 0 Å². The van der Waals surface area contributed by atoms with Crippen molar-refractivity contribution in [2.75, 3.05) is 18.4 Å². The van der Waals surface area contributed by atoms with Crippen molar-refractivity contribution >= 4 is 11.5 Å². The van der Waals surface area contributed by atoms with Crippen LogP contribution in [0.3, 0.4) is 0 Å². The smallest absolute Gasteiger partial charge is 0.126 e. The maximum atomic E-state index is 4.79. The molecule has 0 spiro atoms. The van der Waals surface area contributed by atoms with Crippen molar-refractivity contribution in [2.45, 2.75) is 52.5 Å². The molecule has 2 aromatic rings. The van der Waals surface area contributed by atoms with E-state index in [0.29, 0.717) is 12.0 Å². The van der Waals surface area contributed by atoms with E-state index in [-0.39, 0.29) is 0 Å². The number of anilines is 1. The molecule has 1 fully saturated rings. The molecule has 5 nitrogen and oxygen atoms in total. The molecule has 5 heteroatoms. The van der Waals surface area contributed by atoms with Gasteiger partial charge in [-0.25, -0.2) is 9.67 Å².